The van der Waals surface area contributed by atoms with Gasteiger partial charge in [0.15, 0.2) is 0 Å². The van der Waals surface area contributed by atoms with E-state index in [0.717, 1.165) is 0 Å². The molecule has 0 aromatic heterocycles. The Morgan fingerprint density at radius 3 is 1.60 bits per heavy atom. The maximum atomic E-state index is 4.69. The molecular weight excluding hydrogens is 257 g/mol. The molecule has 0 saturated heterocycles. The molecule has 0 aromatic rings. The molecule has 0 bridgehead atoms. The van der Waals surface area contributed by atoms with Crippen molar-refractivity contribution in [3.05, 3.63) is 0 Å². The first-order chi connectivity index (χ1) is 2.41. The predicted molar refractivity (Wildman–Crippen MR) is 14.0 cm³/mol. The molecule has 3 heteroatoms. The van der Waals surface area contributed by atoms with Crippen LogP contribution in [0.1, 0.15) is 0 Å². The fraction of sp³-hybridized carbons (Fsp3) is 1.00. The summed E-state index contributed by atoms with van der Waals surface area (Å²) in [5.41, 5.74) is 0. The molecule has 0 aromatic carbocycles. The van der Waals surface area contributed by atoms with Gasteiger partial charge in [-0.3, -0.25) is 0 Å². The predicted octanol–water partition coefficient (Wildman–Crippen LogP) is 0.192. The Morgan fingerprint density at radius 1 is 1.20 bits per heavy atom. The Hall–Kier alpha value is 0.855. The standard InChI is InChI=1S/2CH3O.Hg/c2*1-2;/h2*1H3;/q2*-1;+2. The van der Waals surface area contributed by atoms with Gasteiger partial charge in [0.05, 0.1) is 0 Å². The van der Waals surface area contributed by atoms with Crippen LogP contribution >= 0.6 is 0 Å². The van der Waals surface area contributed by atoms with Crippen molar-refractivity contribution in [2.75, 3.05) is 14.2 Å². The second-order valence-corrected chi connectivity index (χ2v) is 6.10. The van der Waals surface area contributed by atoms with E-state index in [9.17, 15) is 0 Å². The van der Waals surface area contributed by atoms with Crippen LogP contribution in [-0.2, 0) is 30.8 Å². The van der Waals surface area contributed by atoms with Crippen LogP contribution in [0.4, 0.5) is 0 Å². The van der Waals surface area contributed by atoms with Crippen molar-refractivity contribution in [3.63, 3.8) is 0 Å². The third kappa shape index (κ3) is 4.86. The molecular formula is C2H6HgO2. The summed E-state index contributed by atoms with van der Waals surface area (Å²) in [4.78, 5) is 0. The summed E-state index contributed by atoms with van der Waals surface area (Å²) in [6.07, 6.45) is 0. The minimum atomic E-state index is -1.14. The van der Waals surface area contributed by atoms with Crippen LogP contribution in [0.5, 0.6) is 0 Å². The van der Waals surface area contributed by atoms with E-state index in [1.165, 1.54) is 0 Å². The van der Waals surface area contributed by atoms with Crippen molar-refractivity contribution < 1.29 is 30.8 Å². The summed E-state index contributed by atoms with van der Waals surface area (Å²) in [6, 6.07) is 0. The topological polar surface area (TPSA) is 18.5 Å². The second-order valence-electron chi connectivity index (χ2n) is 0.695. The monoisotopic (exact) mass is 264 g/mol. The van der Waals surface area contributed by atoms with Gasteiger partial charge in [0.2, 0.25) is 0 Å². The third-order valence-corrected chi connectivity index (χ3v) is 2.07. The Bertz CT molecular complexity index is 15.1. The molecule has 0 rings (SSSR count). The fourth-order valence-electron chi connectivity index (χ4n) is 0.118. The van der Waals surface area contributed by atoms with E-state index in [0.29, 0.717) is 0 Å². The Labute approximate surface area is 45.2 Å². The normalized spacial score (nSPS) is 6.80. The quantitative estimate of drug-likeness (QED) is 0.662. The molecule has 2 nitrogen and oxygen atoms in total. The van der Waals surface area contributed by atoms with E-state index in [4.69, 9.17) is 5.29 Å². The molecule has 0 saturated carbocycles. The van der Waals surface area contributed by atoms with Gasteiger partial charge in [0, 0.05) is 0 Å². The third-order valence-electron chi connectivity index (χ3n) is 0.236. The Kier molecular flexibility index (Phi) is 5.69. The van der Waals surface area contributed by atoms with Crippen LogP contribution in [-0.4, -0.2) is 14.2 Å². The molecule has 0 atom stereocenters. The van der Waals surface area contributed by atoms with Gasteiger partial charge in [0.1, 0.15) is 0 Å². The molecule has 0 radical (unpaired) electrons. The van der Waals surface area contributed by atoms with Gasteiger partial charge in [-0.15, -0.1) is 0 Å². The Morgan fingerprint density at radius 2 is 1.60 bits per heavy atom. The van der Waals surface area contributed by atoms with Crippen LogP contribution in [0.15, 0.2) is 0 Å². The van der Waals surface area contributed by atoms with Gasteiger partial charge in [-0.1, -0.05) is 0 Å². The summed E-state index contributed by atoms with van der Waals surface area (Å²) in [5.74, 6) is 0. The molecule has 5 heavy (non-hydrogen) atoms. The molecule has 0 amide bonds. The number of hydrogen-bond donors (Lipinski definition) is 0. The molecule has 0 spiro atoms. The van der Waals surface area contributed by atoms with E-state index < -0.39 is 25.5 Å². The van der Waals surface area contributed by atoms with Crippen molar-refractivity contribution in [2.45, 2.75) is 0 Å². The average Bonchev–Trinajstić information content (AvgIpc) is 1.41. The zero-order valence-corrected chi connectivity index (χ0v) is 9.02. The summed E-state index contributed by atoms with van der Waals surface area (Å²) < 4.78 is 9.38. The van der Waals surface area contributed by atoms with Gasteiger partial charge in [-0.2, -0.15) is 0 Å². The van der Waals surface area contributed by atoms with Gasteiger partial charge in [-0.25, -0.2) is 0 Å². The fourth-order valence-corrected chi connectivity index (χ4v) is 1.03. The van der Waals surface area contributed by atoms with E-state index in [1.807, 2.05) is 0 Å². The molecule has 0 unspecified atom stereocenters. The van der Waals surface area contributed by atoms with Crippen LogP contribution < -0.4 is 0 Å². The number of hydrogen-bond acceptors (Lipinski definition) is 2. The SMILES string of the molecule is C[O][Hg][O]C. The van der Waals surface area contributed by atoms with E-state index in [2.05, 4.69) is 0 Å². The summed E-state index contributed by atoms with van der Waals surface area (Å²) in [5, 5.41) is 0. The molecule has 0 aliphatic carbocycles. The van der Waals surface area contributed by atoms with Crippen molar-refractivity contribution >= 4 is 0 Å². The Balaban J connectivity index is 2.19. The molecule has 0 N–H and O–H groups in total. The van der Waals surface area contributed by atoms with E-state index in [-0.39, 0.29) is 0 Å². The maximum absolute atomic E-state index is 4.69. The number of rotatable bonds is 2. The van der Waals surface area contributed by atoms with Crippen LogP contribution in [0.2, 0.25) is 0 Å². The zero-order chi connectivity index (χ0) is 4.12. The van der Waals surface area contributed by atoms with Crippen molar-refractivity contribution in [1.29, 1.82) is 0 Å². The molecule has 0 fully saturated rings. The summed E-state index contributed by atoms with van der Waals surface area (Å²) >= 11 is -1.14. The first-order valence-corrected chi connectivity index (χ1v) is 5.88. The van der Waals surface area contributed by atoms with Gasteiger partial charge >= 0.3 is 45.0 Å². The van der Waals surface area contributed by atoms with Gasteiger partial charge in [-0.05, 0) is 0 Å². The van der Waals surface area contributed by atoms with Crippen LogP contribution in [0.3, 0.4) is 0 Å². The second kappa shape index (κ2) is 4.86. The first-order valence-electron chi connectivity index (χ1n) is 1.39. The molecule has 0 aliphatic rings. The molecule has 0 aliphatic heterocycles. The summed E-state index contributed by atoms with van der Waals surface area (Å²) in [6.45, 7) is 0. The van der Waals surface area contributed by atoms with E-state index >= 15 is 0 Å². The first kappa shape index (κ1) is 5.86. The van der Waals surface area contributed by atoms with Crippen molar-refractivity contribution in [1.82, 2.24) is 0 Å². The van der Waals surface area contributed by atoms with Crippen molar-refractivity contribution in [3.8, 4) is 0 Å². The minimum absolute atomic E-state index is 1.14. The summed E-state index contributed by atoms with van der Waals surface area (Å²) in [7, 11) is 3.37. The molecule has 28 valence electrons. The van der Waals surface area contributed by atoms with Crippen LogP contribution in [0.25, 0.3) is 0 Å². The van der Waals surface area contributed by atoms with Gasteiger partial charge < -0.3 is 0 Å². The molecule has 0 heterocycles. The average molecular weight is 263 g/mol. The zero-order valence-electron chi connectivity index (χ0n) is 3.52. The van der Waals surface area contributed by atoms with Gasteiger partial charge in [0.25, 0.3) is 0 Å². The van der Waals surface area contributed by atoms with Crippen molar-refractivity contribution in [2.24, 2.45) is 0 Å². The van der Waals surface area contributed by atoms with Crippen LogP contribution in [0, 0.1) is 0 Å². The van der Waals surface area contributed by atoms with E-state index in [1.54, 1.807) is 14.2 Å².